The molecule has 0 atom stereocenters. The number of hydrogen-bond donors (Lipinski definition) is 0. The largest absolute Gasteiger partial charge is 0.457 e. The zero-order valence-corrected chi connectivity index (χ0v) is 11.9. The van der Waals surface area contributed by atoms with Crippen LogP contribution in [0, 0.1) is 10.1 Å². The van der Waals surface area contributed by atoms with E-state index in [1.807, 2.05) is 21.1 Å². The lowest BCUT2D eigenvalue weighted by molar-refractivity contribution is -0.870. The molecule has 1 rings (SSSR count). The molecule has 0 fully saturated rings. The van der Waals surface area contributed by atoms with Gasteiger partial charge in [-0.1, -0.05) is 12.1 Å². The summed E-state index contributed by atoms with van der Waals surface area (Å²) in [6.07, 6.45) is 2.77. The van der Waals surface area contributed by atoms with Crippen molar-refractivity contribution in [3.05, 3.63) is 46.0 Å². The zero-order valence-electron chi connectivity index (χ0n) is 11.9. The first kappa shape index (κ1) is 15.8. The number of ether oxygens (including phenoxy) is 1. The quantitative estimate of drug-likeness (QED) is 0.262. The SMILES string of the molecule is C[N+](C)(C)CCOC(=O)/C=C/c1cccc([N+](=O)[O-])c1. The lowest BCUT2D eigenvalue weighted by Crippen LogP contribution is -2.37. The smallest absolute Gasteiger partial charge is 0.330 e. The molecule has 0 saturated carbocycles. The van der Waals surface area contributed by atoms with Crippen molar-refractivity contribution in [2.75, 3.05) is 34.3 Å². The summed E-state index contributed by atoms with van der Waals surface area (Å²) in [6.45, 7) is 1.05. The third kappa shape index (κ3) is 6.10. The van der Waals surface area contributed by atoms with Crippen molar-refractivity contribution >= 4 is 17.7 Å². The highest BCUT2D eigenvalue weighted by Crippen LogP contribution is 2.14. The molecule has 0 bridgehead atoms. The number of esters is 1. The molecule has 1 aromatic rings. The standard InChI is InChI=1S/C14H19N2O4/c1-16(2,3)9-10-20-14(17)8-7-12-5-4-6-13(11-12)15(18)19/h4-8,11H,9-10H2,1-3H3/q+1/b8-7+. The first-order chi connectivity index (χ1) is 9.28. The van der Waals surface area contributed by atoms with Gasteiger partial charge in [0.1, 0.15) is 13.2 Å². The summed E-state index contributed by atoms with van der Waals surface area (Å²) in [7, 11) is 6.02. The van der Waals surface area contributed by atoms with Gasteiger partial charge in [-0.25, -0.2) is 4.79 Å². The predicted octanol–water partition coefficient (Wildman–Crippen LogP) is 1.86. The molecule has 6 nitrogen and oxygen atoms in total. The van der Waals surface area contributed by atoms with Crippen molar-refractivity contribution < 1.29 is 18.9 Å². The molecule has 0 aromatic heterocycles. The van der Waals surface area contributed by atoms with Crippen molar-refractivity contribution in [1.82, 2.24) is 0 Å². The number of carbonyl (C=O) groups is 1. The summed E-state index contributed by atoms with van der Waals surface area (Å²) in [4.78, 5) is 21.6. The van der Waals surface area contributed by atoms with Crippen LogP contribution in [0.5, 0.6) is 0 Å². The molecule has 0 spiro atoms. The fourth-order valence-corrected chi connectivity index (χ4v) is 1.37. The highest BCUT2D eigenvalue weighted by Gasteiger charge is 2.08. The average molecular weight is 279 g/mol. The molecule has 6 heteroatoms. The number of nitro benzene ring substituents is 1. The van der Waals surface area contributed by atoms with Gasteiger partial charge in [-0.05, 0) is 11.6 Å². The average Bonchev–Trinajstić information content (AvgIpc) is 2.35. The third-order valence-corrected chi connectivity index (χ3v) is 2.50. The van der Waals surface area contributed by atoms with E-state index >= 15 is 0 Å². The van der Waals surface area contributed by atoms with Crippen molar-refractivity contribution in [2.45, 2.75) is 0 Å². The Balaban J connectivity index is 2.53. The Hall–Kier alpha value is -2.21. The number of benzene rings is 1. The highest BCUT2D eigenvalue weighted by atomic mass is 16.6. The molecule has 0 radical (unpaired) electrons. The van der Waals surface area contributed by atoms with E-state index in [4.69, 9.17) is 4.74 Å². The normalized spacial score (nSPS) is 11.6. The molecule has 0 heterocycles. The zero-order chi connectivity index (χ0) is 15.2. The second-order valence-corrected chi connectivity index (χ2v) is 5.37. The van der Waals surface area contributed by atoms with E-state index in [-0.39, 0.29) is 5.69 Å². The Morgan fingerprint density at radius 1 is 1.40 bits per heavy atom. The maximum Gasteiger partial charge on any atom is 0.330 e. The second kappa shape index (κ2) is 6.81. The fourth-order valence-electron chi connectivity index (χ4n) is 1.37. The van der Waals surface area contributed by atoms with Gasteiger partial charge in [0.05, 0.1) is 26.1 Å². The summed E-state index contributed by atoms with van der Waals surface area (Å²) < 4.78 is 5.75. The van der Waals surface area contributed by atoms with Crippen LogP contribution in [0.25, 0.3) is 6.08 Å². The Morgan fingerprint density at radius 3 is 2.70 bits per heavy atom. The van der Waals surface area contributed by atoms with Crippen LogP contribution >= 0.6 is 0 Å². The lowest BCUT2D eigenvalue weighted by Gasteiger charge is -2.23. The van der Waals surface area contributed by atoms with Crippen LogP contribution in [0.1, 0.15) is 5.56 Å². The van der Waals surface area contributed by atoms with E-state index in [0.29, 0.717) is 16.7 Å². The molecule has 0 N–H and O–H groups in total. The number of nitro groups is 1. The topological polar surface area (TPSA) is 69.4 Å². The van der Waals surface area contributed by atoms with Gasteiger partial charge >= 0.3 is 5.97 Å². The van der Waals surface area contributed by atoms with E-state index in [9.17, 15) is 14.9 Å². The van der Waals surface area contributed by atoms with Gasteiger partial charge in [0.2, 0.25) is 0 Å². The Bertz CT molecular complexity index is 518. The van der Waals surface area contributed by atoms with Gasteiger partial charge < -0.3 is 9.22 Å². The Morgan fingerprint density at radius 2 is 2.10 bits per heavy atom. The maximum absolute atomic E-state index is 11.5. The fraction of sp³-hybridized carbons (Fsp3) is 0.357. The predicted molar refractivity (Wildman–Crippen MR) is 76.0 cm³/mol. The summed E-state index contributed by atoms with van der Waals surface area (Å²) in [5.41, 5.74) is 0.577. The highest BCUT2D eigenvalue weighted by molar-refractivity contribution is 5.87. The minimum Gasteiger partial charge on any atom is -0.457 e. The molecule has 20 heavy (non-hydrogen) atoms. The van der Waals surface area contributed by atoms with Gasteiger partial charge in [0.25, 0.3) is 5.69 Å². The van der Waals surface area contributed by atoms with Gasteiger partial charge in [-0.3, -0.25) is 10.1 Å². The van der Waals surface area contributed by atoms with Crippen molar-refractivity contribution in [3.8, 4) is 0 Å². The molecule has 0 aliphatic heterocycles. The molecule has 108 valence electrons. The lowest BCUT2D eigenvalue weighted by atomic mass is 10.2. The van der Waals surface area contributed by atoms with Crippen LogP contribution < -0.4 is 0 Å². The summed E-state index contributed by atoms with van der Waals surface area (Å²) >= 11 is 0. The molecular weight excluding hydrogens is 260 g/mol. The Labute approximate surface area is 118 Å². The first-order valence-corrected chi connectivity index (χ1v) is 6.18. The van der Waals surface area contributed by atoms with Gasteiger partial charge in [-0.15, -0.1) is 0 Å². The molecule has 0 aliphatic rings. The summed E-state index contributed by atoms with van der Waals surface area (Å²) in [6, 6.07) is 6.05. The second-order valence-electron chi connectivity index (χ2n) is 5.37. The number of likely N-dealkylation sites (N-methyl/N-ethyl adjacent to an activating group) is 1. The minimum atomic E-state index is -0.475. The number of carbonyl (C=O) groups excluding carboxylic acids is 1. The number of rotatable bonds is 6. The van der Waals surface area contributed by atoms with Gasteiger partial charge in [0.15, 0.2) is 0 Å². The van der Waals surface area contributed by atoms with Crippen LogP contribution in [0.2, 0.25) is 0 Å². The van der Waals surface area contributed by atoms with Gasteiger partial charge in [-0.2, -0.15) is 0 Å². The van der Waals surface area contributed by atoms with Crippen LogP contribution in [-0.4, -0.2) is 49.7 Å². The molecular formula is C14H19N2O4+. The van der Waals surface area contributed by atoms with Crippen LogP contribution in [-0.2, 0) is 9.53 Å². The van der Waals surface area contributed by atoms with Crippen LogP contribution in [0.15, 0.2) is 30.3 Å². The van der Waals surface area contributed by atoms with Crippen molar-refractivity contribution in [2.24, 2.45) is 0 Å². The van der Waals surface area contributed by atoms with E-state index < -0.39 is 10.9 Å². The number of hydrogen-bond acceptors (Lipinski definition) is 4. The van der Waals surface area contributed by atoms with Crippen LogP contribution in [0.3, 0.4) is 0 Å². The van der Waals surface area contributed by atoms with E-state index in [1.54, 1.807) is 12.1 Å². The van der Waals surface area contributed by atoms with E-state index in [0.717, 1.165) is 6.54 Å². The summed E-state index contributed by atoms with van der Waals surface area (Å²) in [5.74, 6) is -0.454. The van der Waals surface area contributed by atoms with Crippen LogP contribution in [0.4, 0.5) is 5.69 Å². The van der Waals surface area contributed by atoms with Crippen molar-refractivity contribution in [3.63, 3.8) is 0 Å². The minimum absolute atomic E-state index is 0.00875. The Kier molecular flexibility index (Phi) is 5.40. The number of quaternary nitrogens is 1. The third-order valence-electron chi connectivity index (χ3n) is 2.50. The van der Waals surface area contributed by atoms with Gasteiger partial charge in [0, 0.05) is 18.2 Å². The molecule has 1 aromatic carbocycles. The first-order valence-electron chi connectivity index (χ1n) is 6.18. The van der Waals surface area contributed by atoms with E-state index in [1.165, 1.54) is 24.3 Å². The van der Waals surface area contributed by atoms with E-state index in [2.05, 4.69) is 0 Å². The molecule has 0 amide bonds. The monoisotopic (exact) mass is 279 g/mol. The molecule has 0 unspecified atom stereocenters. The number of nitrogens with zero attached hydrogens (tertiary/aromatic N) is 2. The molecule has 0 aliphatic carbocycles. The number of non-ortho nitro benzene ring substituents is 1. The maximum atomic E-state index is 11.5. The van der Waals surface area contributed by atoms with Crippen molar-refractivity contribution in [1.29, 1.82) is 0 Å². The molecule has 0 saturated heterocycles. The summed E-state index contributed by atoms with van der Waals surface area (Å²) in [5, 5.41) is 10.6.